The summed E-state index contributed by atoms with van der Waals surface area (Å²) in [5, 5.41) is 5.23. The summed E-state index contributed by atoms with van der Waals surface area (Å²) >= 11 is 0.891. The molecule has 0 saturated heterocycles. The molecule has 33 heavy (non-hydrogen) atoms. The molecule has 0 spiro atoms. The predicted molar refractivity (Wildman–Crippen MR) is 118 cm³/mol. The largest absolute Gasteiger partial charge is 0.416 e. The molecule has 0 aliphatic heterocycles. The number of alkyl halides is 3. The molecule has 0 saturated carbocycles. The summed E-state index contributed by atoms with van der Waals surface area (Å²) < 4.78 is 38.4. The molecule has 2 amide bonds. The molecule has 0 aliphatic carbocycles. The minimum Gasteiger partial charge on any atom is -0.352 e. The quantitative estimate of drug-likeness (QED) is 0.342. The molecule has 7 nitrogen and oxygen atoms in total. The molecule has 0 radical (unpaired) electrons. The van der Waals surface area contributed by atoms with Crippen LogP contribution in [0.1, 0.15) is 16.8 Å². The van der Waals surface area contributed by atoms with Crippen molar-refractivity contribution in [1.29, 1.82) is 0 Å². The van der Waals surface area contributed by atoms with Gasteiger partial charge in [-0.3, -0.25) is 14.4 Å². The third-order valence-electron chi connectivity index (χ3n) is 4.26. The van der Waals surface area contributed by atoms with Gasteiger partial charge in [-0.2, -0.15) is 13.2 Å². The van der Waals surface area contributed by atoms with Gasteiger partial charge in [0.25, 0.3) is 5.56 Å². The van der Waals surface area contributed by atoms with Crippen LogP contribution in [-0.2, 0) is 28.7 Å². The number of amides is 2. The van der Waals surface area contributed by atoms with E-state index in [2.05, 4.69) is 20.6 Å². The topological polar surface area (TPSA) is 104 Å². The van der Waals surface area contributed by atoms with Crippen LogP contribution in [0.2, 0.25) is 0 Å². The maximum atomic E-state index is 12.8. The lowest BCUT2D eigenvalue weighted by Gasteiger charge is -2.10. The van der Waals surface area contributed by atoms with E-state index in [1.807, 2.05) is 30.3 Å². The summed E-state index contributed by atoms with van der Waals surface area (Å²) in [6.07, 6.45) is -4.65. The zero-order chi connectivity index (χ0) is 23.8. The third-order valence-corrected chi connectivity index (χ3v) is 5.13. The summed E-state index contributed by atoms with van der Waals surface area (Å²) in [6.45, 7) is 0.334. The number of nitrogens with zero attached hydrogens (tertiary/aromatic N) is 1. The smallest absolute Gasteiger partial charge is 0.352 e. The van der Waals surface area contributed by atoms with E-state index >= 15 is 0 Å². The predicted octanol–water partition coefficient (Wildman–Crippen LogP) is 3.38. The van der Waals surface area contributed by atoms with Gasteiger partial charge in [0.2, 0.25) is 11.8 Å². The number of nitrogens with one attached hydrogen (secondary N) is 3. The third kappa shape index (κ3) is 7.79. The number of aromatic amines is 1. The van der Waals surface area contributed by atoms with Crippen molar-refractivity contribution in [3.8, 4) is 0 Å². The average molecular weight is 476 g/mol. The molecule has 11 heteroatoms. The van der Waals surface area contributed by atoms with Crippen LogP contribution in [0.15, 0.2) is 70.6 Å². The number of hydrogen-bond donors (Lipinski definition) is 3. The molecular weight excluding hydrogens is 457 g/mol. The number of halogens is 3. The van der Waals surface area contributed by atoms with Gasteiger partial charge in [-0.1, -0.05) is 48.2 Å². The molecule has 0 atom stereocenters. The van der Waals surface area contributed by atoms with Crippen molar-refractivity contribution < 1.29 is 22.8 Å². The van der Waals surface area contributed by atoms with Crippen molar-refractivity contribution in [3.63, 3.8) is 0 Å². The van der Waals surface area contributed by atoms with Crippen LogP contribution in [0.25, 0.3) is 0 Å². The van der Waals surface area contributed by atoms with Crippen molar-refractivity contribution in [2.45, 2.75) is 24.3 Å². The average Bonchev–Trinajstić information content (AvgIpc) is 2.76. The van der Waals surface area contributed by atoms with Gasteiger partial charge < -0.3 is 15.6 Å². The van der Waals surface area contributed by atoms with E-state index < -0.39 is 23.2 Å². The SMILES string of the molecule is O=C(Cc1cc(=O)[nH]c(SCC(=O)Nc2cccc(C(F)(F)F)c2)n1)NCc1ccccc1. The Morgan fingerprint density at radius 3 is 2.48 bits per heavy atom. The van der Waals surface area contributed by atoms with Crippen molar-refractivity contribution in [1.82, 2.24) is 15.3 Å². The first-order valence-corrected chi connectivity index (χ1v) is 10.7. The zero-order valence-corrected chi connectivity index (χ0v) is 17.9. The van der Waals surface area contributed by atoms with E-state index in [-0.39, 0.29) is 34.6 Å². The van der Waals surface area contributed by atoms with Gasteiger partial charge in [0, 0.05) is 18.3 Å². The first-order valence-electron chi connectivity index (χ1n) is 9.70. The number of aromatic nitrogens is 2. The molecule has 3 N–H and O–H groups in total. The van der Waals surface area contributed by atoms with E-state index in [1.165, 1.54) is 18.2 Å². The first kappa shape index (κ1) is 24.1. The highest BCUT2D eigenvalue weighted by Crippen LogP contribution is 2.30. The lowest BCUT2D eigenvalue weighted by Crippen LogP contribution is -2.26. The van der Waals surface area contributed by atoms with Crippen LogP contribution in [0.4, 0.5) is 18.9 Å². The van der Waals surface area contributed by atoms with Crippen LogP contribution < -0.4 is 16.2 Å². The van der Waals surface area contributed by atoms with Gasteiger partial charge in [-0.25, -0.2) is 4.98 Å². The summed E-state index contributed by atoms with van der Waals surface area (Å²) in [5.41, 5.74) is -0.215. The second-order valence-corrected chi connectivity index (χ2v) is 7.86. The number of anilines is 1. The maximum Gasteiger partial charge on any atom is 0.416 e. The van der Waals surface area contributed by atoms with E-state index in [0.717, 1.165) is 29.5 Å². The van der Waals surface area contributed by atoms with E-state index in [4.69, 9.17) is 0 Å². The summed E-state index contributed by atoms with van der Waals surface area (Å²) in [7, 11) is 0. The van der Waals surface area contributed by atoms with Crippen LogP contribution in [-0.4, -0.2) is 27.5 Å². The molecule has 3 aromatic rings. The Hall–Kier alpha value is -3.60. The Bertz CT molecular complexity index is 1180. The normalized spacial score (nSPS) is 11.1. The van der Waals surface area contributed by atoms with E-state index in [9.17, 15) is 27.6 Å². The molecular formula is C22H19F3N4O3S. The van der Waals surface area contributed by atoms with Gasteiger partial charge in [-0.15, -0.1) is 0 Å². The van der Waals surface area contributed by atoms with Crippen LogP contribution >= 0.6 is 11.8 Å². The van der Waals surface area contributed by atoms with Gasteiger partial charge in [0.05, 0.1) is 23.4 Å². The Morgan fingerprint density at radius 2 is 1.76 bits per heavy atom. The minimum absolute atomic E-state index is 0.000663. The van der Waals surface area contributed by atoms with Crippen molar-refractivity contribution in [2.24, 2.45) is 0 Å². The summed E-state index contributed by atoms with van der Waals surface area (Å²) in [4.78, 5) is 42.8. The molecule has 0 bridgehead atoms. The monoisotopic (exact) mass is 476 g/mol. The number of rotatable bonds is 8. The molecule has 0 unspecified atom stereocenters. The molecule has 1 heterocycles. The Kier molecular flexibility index (Phi) is 7.88. The number of carbonyl (C=O) groups is 2. The van der Waals surface area contributed by atoms with Crippen LogP contribution in [0.3, 0.4) is 0 Å². The maximum absolute atomic E-state index is 12.8. The fraction of sp³-hybridized carbons (Fsp3) is 0.182. The van der Waals surface area contributed by atoms with E-state index in [0.29, 0.717) is 6.54 Å². The van der Waals surface area contributed by atoms with Gasteiger partial charge in [-0.05, 0) is 23.8 Å². The van der Waals surface area contributed by atoms with Gasteiger partial charge >= 0.3 is 6.18 Å². The lowest BCUT2D eigenvalue weighted by molar-refractivity contribution is -0.137. The summed E-state index contributed by atoms with van der Waals surface area (Å²) in [6, 6.07) is 14.8. The number of hydrogen-bond acceptors (Lipinski definition) is 5. The zero-order valence-electron chi connectivity index (χ0n) is 17.1. The van der Waals surface area contributed by atoms with Gasteiger partial charge in [0.1, 0.15) is 0 Å². The Balaban J connectivity index is 1.54. The standard InChI is InChI=1S/C22H19F3N4O3S/c23-22(24,25)15-7-4-8-16(9-15)27-20(32)13-33-21-28-17(11-19(31)29-21)10-18(30)26-12-14-5-2-1-3-6-14/h1-9,11H,10,12-13H2,(H,26,30)(H,27,32)(H,28,29,31). The molecule has 0 aliphatic rings. The Labute approximate surface area is 190 Å². The van der Waals surface area contributed by atoms with Crippen LogP contribution in [0.5, 0.6) is 0 Å². The summed E-state index contributed by atoms with van der Waals surface area (Å²) in [5.74, 6) is -1.11. The van der Waals surface area contributed by atoms with Crippen molar-refractivity contribution >= 4 is 29.3 Å². The number of carbonyl (C=O) groups excluding carboxylic acids is 2. The highest BCUT2D eigenvalue weighted by Gasteiger charge is 2.30. The first-order chi connectivity index (χ1) is 15.7. The lowest BCUT2D eigenvalue weighted by atomic mass is 10.2. The van der Waals surface area contributed by atoms with Gasteiger partial charge in [0.15, 0.2) is 5.16 Å². The second-order valence-electron chi connectivity index (χ2n) is 6.90. The van der Waals surface area contributed by atoms with Crippen molar-refractivity contribution in [3.05, 3.63) is 87.8 Å². The van der Waals surface area contributed by atoms with Crippen LogP contribution in [0, 0.1) is 0 Å². The highest BCUT2D eigenvalue weighted by molar-refractivity contribution is 7.99. The van der Waals surface area contributed by atoms with E-state index in [1.54, 1.807) is 0 Å². The molecule has 3 rings (SSSR count). The minimum atomic E-state index is -4.52. The highest BCUT2D eigenvalue weighted by atomic mass is 32.2. The molecule has 172 valence electrons. The number of H-pyrrole nitrogens is 1. The molecule has 2 aromatic carbocycles. The fourth-order valence-corrected chi connectivity index (χ4v) is 3.46. The number of benzene rings is 2. The molecule has 1 aromatic heterocycles. The van der Waals surface area contributed by atoms with Crippen molar-refractivity contribution in [2.75, 3.05) is 11.1 Å². The second kappa shape index (κ2) is 10.8. The molecule has 0 fully saturated rings. The fourth-order valence-electron chi connectivity index (χ4n) is 2.77. The Morgan fingerprint density at radius 1 is 1.00 bits per heavy atom. The number of thioether (sulfide) groups is 1.